The molecule has 0 radical (unpaired) electrons. The molecule has 1 aromatic heterocycles. The first-order valence-electron chi connectivity index (χ1n) is 8.73. The maximum absolute atomic E-state index is 5.98. The van der Waals surface area contributed by atoms with Gasteiger partial charge in [-0.25, -0.2) is 4.98 Å². The molecule has 0 aliphatic heterocycles. The molecular formula is C22H19BrN2O2. The van der Waals surface area contributed by atoms with Crippen LogP contribution in [-0.4, -0.2) is 23.3 Å². The number of hydrogen-bond donors (Lipinski definition) is 0. The Morgan fingerprint density at radius 2 is 1.59 bits per heavy atom. The Bertz CT molecular complexity index is 1060. The van der Waals surface area contributed by atoms with Crippen molar-refractivity contribution in [2.75, 3.05) is 13.7 Å². The molecule has 3 aromatic carbocycles. The van der Waals surface area contributed by atoms with E-state index in [9.17, 15) is 0 Å². The molecule has 136 valence electrons. The van der Waals surface area contributed by atoms with Crippen molar-refractivity contribution in [2.24, 2.45) is 0 Å². The van der Waals surface area contributed by atoms with Gasteiger partial charge in [-0.15, -0.1) is 0 Å². The second-order valence-electron chi connectivity index (χ2n) is 6.08. The summed E-state index contributed by atoms with van der Waals surface area (Å²) < 4.78 is 14.6. The maximum atomic E-state index is 5.98. The Hall–Kier alpha value is -2.79. The minimum absolute atomic E-state index is 0.518. The third-order valence-electron chi connectivity index (χ3n) is 4.40. The van der Waals surface area contributed by atoms with Crippen molar-refractivity contribution in [3.63, 3.8) is 0 Å². The Morgan fingerprint density at radius 1 is 0.889 bits per heavy atom. The van der Waals surface area contributed by atoms with E-state index >= 15 is 0 Å². The van der Waals surface area contributed by atoms with Crippen LogP contribution in [0.3, 0.4) is 0 Å². The molecule has 4 aromatic rings. The Labute approximate surface area is 166 Å². The SMILES string of the molecule is COc1ccccc1OCCn1c(-c2ccc(Br)cc2)nc2ccccc21. The van der Waals surface area contributed by atoms with Crippen LogP contribution in [0.4, 0.5) is 0 Å². The largest absolute Gasteiger partial charge is 0.493 e. The summed E-state index contributed by atoms with van der Waals surface area (Å²) in [6.45, 7) is 1.20. The Kier molecular flexibility index (Phi) is 5.12. The van der Waals surface area contributed by atoms with Gasteiger partial charge in [-0.1, -0.05) is 52.3 Å². The number of nitrogens with zero attached hydrogens (tertiary/aromatic N) is 2. The number of methoxy groups -OCH3 is 1. The van der Waals surface area contributed by atoms with Gasteiger partial charge < -0.3 is 14.0 Å². The molecule has 0 N–H and O–H groups in total. The second kappa shape index (κ2) is 7.84. The van der Waals surface area contributed by atoms with E-state index in [2.05, 4.69) is 38.7 Å². The van der Waals surface area contributed by atoms with Gasteiger partial charge in [0, 0.05) is 10.0 Å². The minimum atomic E-state index is 0.518. The number of ether oxygens (including phenoxy) is 2. The van der Waals surface area contributed by atoms with Crippen LogP contribution in [0, 0.1) is 0 Å². The number of halogens is 1. The van der Waals surface area contributed by atoms with E-state index < -0.39 is 0 Å². The lowest BCUT2D eigenvalue weighted by Gasteiger charge is -2.13. The van der Waals surface area contributed by atoms with Crippen LogP contribution in [0.1, 0.15) is 0 Å². The molecule has 0 spiro atoms. The summed E-state index contributed by atoms with van der Waals surface area (Å²) in [7, 11) is 1.65. The third kappa shape index (κ3) is 3.69. The van der Waals surface area contributed by atoms with E-state index in [-0.39, 0.29) is 0 Å². The van der Waals surface area contributed by atoms with Gasteiger partial charge in [-0.2, -0.15) is 0 Å². The smallest absolute Gasteiger partial charge is 0.161 e. The molecule has 0 saturated carbocycles. The van der Waals surface area contributed by atoms with Gasteiger partial charge in [0.25, 0.3) is 0 Å². The summed E-state index contributed by atoms with van der Waals surface area (Å²) in [5.74, 6) is 2.42. The molecule has 0 amide bonds. The van der Waals surface area contributed by atoms with Crippen molar-refractivity contribution < 1.29 is 9.47 Å². The number of imidazole rings is 1. The zero-order chi connectivity index (χ0) is 18.6. The number of aromatic nitrogens is 2. The standard InChI is InChI=1S/C22H19BrN2O2/c1-26-20-8-4-5-9-21(20)27-15-14-25-19-7-3-2-6-18(19)24-22(25)16-10-12-17(23)13-11-16/h2-13H,14-15H2,1H3. The summed E-state index contributed by atoms with van der Waals surface area (Å²) in [6, 6.07) is 24.1. The molecule has 0 fully saturated rings. The number of rotatable bonds is 6. The fraction of sp³-hybridized carbons (Fsp3) is 0.136. The van der Waals surface area contributed by atoms with Crippen molar-refractivity contribution in [3.8, 4) is 22.9 Å². The van der Waals surface area contributed by atoms with Crippen molar-refractivity contribution in [1.82, 2.24) is 9.55 Å². The van der Waals surface area contributed by atoms with Gasteiger partial charge in [0.15, 0.2) is 11.5 Å². The molecule has 5 heteroatoms. The van der Waals surface area contributed by atoms with Crippen LogP contribution in [0.25, 0.3) is 22.4 Å². The van der Waals surface area contributed by atoms with Crippen LogP contribution in [0.2, 0.25) is 0 Å². The molecule has 0 bridgehead atoms. The van der Waals surface area contributed by atoms with Crippen LogP contribution >= 0.6 is 15.9 Å². The molecule has 0 aliphatic carbocycles. The summed E-state index contributed by atoms with van der Waals surface area (Å²) in [5.41, 5.74) is 3.15. The molecule has 0 atom stereocenters. The summed E-state index contributed by atoms with van der Waals surface area (Å²) in [6.07, 6.45) is 0. The quantitative estimate of drug-likeness (QED) is 0.408. The average molecular weight is 423 g/mol. The van der Waals surface area contributed by atoms with Crippen LogP contribution in [-0.2, 0) is 6.54 Å². The monoisotopic (exact) mass is 422 g/mol. The zero-order valence-corrected chi connectivity index (χ0v) is 16.5. The maximum Gasteiger partial charge on any atom is 0.161 e. The van der Waals surface area contributed by atoms with Gasteiger partial charge in [0.05, 0.1) is 24.7 Å². The van der Waals surface area contributed by atoms with Gasteiger partial charge >= 0.3 is 0 Å². The molecule has 1 heterocycles. The number of para-hydroxylation sites is 4. The van der Waals surface area contributed by atoms with E-state index in [0.29, 0.717) is 13.2 Å². The van der Waals surface area contributed by atoms with Gasteiger partial charge in [0.1, 0.15) is 12.4 Å². The minimum Gasteiger partial charge on any atom is -0.493 e. The Morgan fingerprint density at radius 3 is 2.37 bits per heavy atom. The highest BCUT2D eigenvalue weighted by Crippen LogP contribution is 2.28. The third-order valence-corrected chi connectivity index (χ3v) is 4.93. The Balaban J connectivity index is 1.64. The van der Waals surface area contributed by atoms with Crippen molar-refractivity contribution in [1.29, 1.82) is 0 Å². The fourth-order valence-electron chi connectivity index (χ4n) is 3.11. The highest BCUT2D eigenvalue weighted by molar-refractivity contribution is 9.10. The van der Waals surface area contributed by atoms with Gasteiger partial charge in [-0.3, -0.25) is 0 Å². The van der Waals surface area contributed by atoms with E-state index in [1.807, 2.05) is 54.6 Å². The van der Waals surface area contributed by atoms with Gasteiger partial charge in [0.2, 0.25) is 0 Å². The summed E-state index contributed by atoms with van der Waals surface area (Å²) >= 11 is 3.49. The predicted molar refractivity (Wildman–Crippen MR) is 111 cm³/mol. The molecule has 4 rings (SSSR count). The highest BCUT2D eigenvalue weighted by atomic mass is 79.9. The first-order valence-corrected chi connectivity index (χ1v) is 9.52. The van der Waals surface area contributed by atoms with E-state index in [4.69, 9.17) is 14.5 Å². The lowest BCUT2D eigenvalue weighted by Crippen LogP contribution is -2.10. The van der Waals surface area contributed by atoms with E-state index in [1.165, 1.54) is 0 Å². The molecule has 27 heavy (non-hydrogen) atoms. The van der Waals surface area contributed by atoms with Crippen molar-refractivity contribution in [3.05, 3.63) is 77.3 Å². The fourth-order valence-corrected chi connectivity index (χ4v) is 3.37. The average Bonchev–Trinajstić information content (AvgIpc) is 3.08. The van der Waals surface area contributed by atoms with Crippen LogP contribution in [0.15, 0.2) is 77.3 Å². The molecule has 0 unspecified atom stereocenters. The van der Waals surface area contributed by atoms with Gasteiger partial charge in [-0.05, 0) is 36.4 Å². The normalized spacial score (nSPS) is 10.9. The first kappa shape index (κ1) is 17.6. The van der Waals surface area contributed by atoms with Crippen molar-refractivity contribution >= 4 is 27.0 Å². The number of hydrogen-bond acceptors (Lipinski definition) is 3. The summed E-state index contributed by atoms with van der Waals surface area (Å²) in [5, 5.41) is 0. The predicted octanol–water partition coefficient (Wildman–Crippen LogP) is 5.55. The molecule has 0 saturated heterocycles. The molecule has 4 nitrogen and oxygen atoms in total. The second-order valence-corrected chi connectivity index (χ2v) is 7.00. The highest BCUT2D eigenvalue weighted by Gasteiger charge is 2.13. The number of benzene rings is 3. The lowest BCUT2D eigenvalue weighted by atomic mass is 10.2. The molecular weight excluding hydrogens is 404 g/mol. The number of fused-ring (bicyclic) bond motifs is 1. The summed E-state index contributed by atoms with van der Waals surface area (Å²) in [4.78, 5) is 4.84. The lowest BCUT2D eigenvalue weighted by molar-refractivity contribution is 0.281. The van der Waals surface area contributed by atoms with Crippen LogP contribution < -0.4 is 9.47 Å². The topological polar surface area (TPSA) is 36.3 Å². The first-order chi connectivity index (χ1) is 13.3. The molecule has 0 aliphatic rings. The van der Waals surface area contributed by atoms with E-state index in [1.54, 1.807) is 7.11 Å². The zero-order valence-electron chi connectivity index (χ0n) is 14.9. The van der Waals surface area contributed by atoms with Crippen LogP contribution in [0.5, 0.6) is 11.5 Å². The van der Waals surface area contributed by atoms with E-state index in [0.717, 1.165) is 38.4 Å². The van der Waals surface area contributed by atoms with Crippen molar-refractivity contribution in [2.45, 2.75) is 6.54 Å².